The third-order valence-corrected chi connectivity index (χ3v) is 6.87. The number of pyridine rings is 1. The van der Waals surface area contributed by atoms with Crippen LogP contribution in [-0.4, -0.2) is 80.2 Å². The Balaban J connectivity index is 1.94. The first kappa shape index (κ1) is 33.2. The Labute approximate surface area is 256 Å². The summed E-state index contributed by atoms with van der Waals surface area (Å²) in [7, 11) is 6.18. The molecule has 0 aliphatic heterocycles. The number of nitrogens with two attached hydrogens (primary N) is 1. The molecule has 13 nitrogen and oxygen atoms in total. The van der Waals surface area contributed by atoms with E-state index in [-0.39, 0.29) is 35.8 Å². The van der Waals surface area contributed by atoms with Crippen LogP contribution in [-0.2, 0) is 9.59 Å². The fraction of sp³-hybridized carbons (Fsp3) is 0.323. The number of nitrogens with zero attached hydrogens (tertiary/aromatic N) is 3. The smallest absolute Gasteiger partial charge is 0.271 e. The van der Waals surface area contributed by atoms with E-state index in [0.717, 1.165) is 24.0 Å². The average molecular weight is 602 g/mol. The number of benzene rings is 1. The SMILES string of the molecule is CN=CC(CN(C)C(=O)c1ccc(-c2c(C)ccc(N/C(=C/C(=N)NC(=O)C3CC3)C(=N)C(=O)NC)c2OC)nc1)=C(C)N. The maximum absolute atomic E-state index is 13.1. The number of likely N-dealkylation sites (N-methyl/N-ethyl adjacent to an activating group) is 1. The van der Waals surface area contributed by atoms with Crippen LogP contribution in [0.15, 0.2) is 58.5 Å². The van der Waals surface area contributed by atoms with Crippen molar-refractivity contribution < 1.29 is 19.1 Å². The van der Waals surface area contributed by atoms with Gasteiger partial charge in [-0.1, -0.05) is 6.07 Å². The van der Waals surface area contributed by atoms with Crippen molar-refractivity contribution in [3.05, 3.63) is 64.6 Å². The number of anilines is 1. The summed E-state index contributed by atoms with van der Waals surface area (Å²) >= 11 is 0. The number of carbonyl (C=O) groups is 3. The third-order valence-electron chi connectivity index (χ3n) is 6.87. The van der Waals surface area contributed by atoms with Crippen molar-refractivity contribution in [1.82, 2.24) is 20.5 Å². The van der Waals surface area contributed by atoms with Crippen LogP contribution in [0.25, 0.3) is 11.3 Å². The summed E-state index contributed by atoms with van der Waals surface area (Å²) < 4.78 is 5.76. The number of allylic oxidation sites excluding steroid dienone is 1. The van der Waals surface area contributed by atoms with E-state index in [1.807, 2.05) is 13.0 Å². The maximum atomic E-state index is 13.1. The second-order valence-corrected chi connectivity index (χ2v) is 10.3. The number of aromatic nitrogens is 1. The third kappa shape index (κ3) is 8.15. The van der Waals surface area contributed by atoms with Gasteiger partial charge in [0, 0.05) is 68.9 Å². The molecule has 7 N–H and O–H groups in total. The van der Waals surface area contributed by atoms with Gasteiger partial charge in [-0.2, -0.15) is 0 Å². The normalized spacial score (nSPS) is 13.5. The van der Waals surface area contributed by atoms with E-state index in [4.69, 9.17) is 21.3 Å². The number of amidine groups is 1. The van der Waals surface area contributed by atoms with E-state index in [9.17, 15) is 14.4 Å². The van der Waals surface area contributed by atoms with Gasteiger partial charge in [-0.05, 0) is 50.5 Å². The number of aryl methyl sites for hydroxylation is 1. The Morgan fingerprint density at radius 3 is 2.45 bits per heavy atom. The average Bonchev–Trinajstić information content (AvgIpc) is 3.86. The Hall–Kier alpha value is -5.33. The lowest BCUT2D eigenvalue weighted by Gasteiger charge is -2.20. The van der Waals surface area contributed by atoms with E-state index < -0.39 is 11.6 Å². The molecular weight excluding hydrogens is 562 g/mol. The van der Waals surface area contributed by atoms with Gasteiger partial charge in [-0.3, -0.25) is 35.2 Å². The van der Waals surface area contributed by atoms with Gasteiger partial charge in [0.1, 0.15) is 11.5 Å². The molecule has 1 aliphatic rings. The lowest BCUT2D eigenvalue weighted by Crippen LogP contribution is -2.34. The zero-order chi connectivity index (χ0) is 32.6. The molecule has 3 rings (SSSR count). The predicted octanol–water partition coefficient (Wildman–Crippen LogP) is 2.64. The molecule has 0 atom stereocenters. The molecule has 3 amide bonds. The highest BCUT2D eigenvalue weighted by Crippen LogP contribution is 2.39. The lowest BCUT2D eigenvalue weighted by molar-refractivity contribution is -0.120. The summed E-state index contributed by atoms with van der Waals surface area (Å²) in [6, 6.07) is 6.91. The number of carbonyl (C=O) groups excluding carboxylic acids is 3. The lowest BCUT2D eigenvalue weighted by atomic mass is 10.0. The van der Waals surface area contributed by atoms with Crippen molar-refractivity contribution in [2.24, 2.45) is 16.6 Å². The molecule has 232 valence electrons. The van der Waals surface area contributed by atoms with Crippen LogP contribution in [0.5, 0.6) is 5.75 Å². The van der Waals surface area contributed by atoms with E-state index >= 15 is 0 Å². The minimum atomic E-state index is -0.686. The molecule has 44 heavy (non-hydrogen) atoms. The van der Waals surface area contributed by atoms with Gasteiger partial charge in [0.15, 0.2) is 5.75 Å². The number of rotatable bonds is 12. The fourth-order valence-electron chi connectivity index (χ4n) is 4.27. The summed E-state index contributed by atoms with van der Waals surface area (Å²) in [5.74, 6) is -1.22. The first-order chi connectivity index (χ1) is 20.9. The minimum Gasteiger partial charge on any atom is -0.494 e. The molecule has 1 fully saturated rings. The molecule has 1 aromatic carbocycles. The van der Waals surface area contributed by atoms with Gasteiger partial charge < -0.3 is 31.3 Å². The van der Waals surface area contributed by atoms with Crippen molar-refractivity contribution in [2.75, 3.05) is 40.1 Å². The van der Waals surface area contributed by atoms with Crippen molar-refractivity contribution in [1.29, 1.82) is 10.8 Å². The molecule has 2 aromatic rings. The summed E-state index contributed by atoms with van der Waals surface area (Å²) in [6.07, 6.45) is 5.86. The molecule has 0 spiro atoms. The van der Waals surface area contributed by atoms with Crippen LogP contribution in [0, 0.1) is 23.7 Å². The second kappa shape index (κ2) is 14.7. The highest BCUT2D eigenvalue weighted by Gasteiger charge is 2.30. The van der Waals surface area contributed by atoms with E-state index in [0.29, 0.717) is 34.0 Å². The quantitative estimate of drug-likeness (QED) is 0.159. The van der Waals surface area contributed by atoms with Crippen molar-refractivity contribution in [3.63, 3.8) is 0 Å². The van der Waals surface area contributed by atoms with Crippen LogP contribution in [0.2, 0.25) is 0 Å². The van der Waals surface area contributed by atoms with Gasteiger partial charge in [0.25, 0.3) is 11.8 Å². The Morgan fingerprint density at radius 2 is 1.91 bits per heavy atom. The number of ether oxygens (including phenoxy) is 1. The fourth-order valence-corrected chi connectivity index (χ4v) is 4.27. The first-order valence-electron chi connectivity index (χ1n) is 13.9. The van der Waals surface area contributed by atoms with Crippen LogP contribution in [0.4, 0.5) is 5.69 Å². The van der Waals surface area contributed by atoms with Gasteiger partial charge in [0.2, 0.25) is 5.91 Å². The summed E-state index contributed by atoms with van der Waals surface area (Å²) in [5, 5.41) is 24.6. The zero-order valence-corrected chi connectivity index (χ0v) is 25.8. The standard InChI is InChI=1S/C31H39N9O4/c1-17-7-11-23(38-24(27(34)30(42)36-4)13-25(33)39-29(41)19-8-9-19)28(44-6)26(17)22-12-10-20(15-37-22)31(43)40(5)16-21(14-35-3)18(2)32/h7,10-15,19,34,38H,8-9,16,32H2,1-6H3,(H,36,42)(H2,33,39,41)/b21-18?,24-13+,34-27?,35-14?. The topological polar surface area (TPSA) is 199 Å². The number of amides is 3. The van der Waals surface area contributed by atoms with Gasteiger partial charge in [0.05, 0.1) is 29.8 Å². The molecule has 0 saturated heterocycles. The summed E-state index contributed by atoms with van der Waals surface area (Å²) in [6.45, 7) is 3.91. The Kier molecular flexibility index (Phi) is 11.1. The van der Waals surface area contributed by atoms with E-state index in [2.05, 4.69) is 25.9 Å². The van der Waals surface area contributed by atoms with Crippen molar-refractivity contribution >= 4 is 41.2 Å². The first-order valence-corrected chi connectivity index (χ1v) is 13.9. The molecule has 1 heterocycles. The number of hydrogen-bond donors (Lipinski definition) is 6. The minimum absolute atomic E-state index is 0.0234. The van der Waals surface area contributed by atoms with Gasteiger partial charge in [-0.25, -0.2) is 0 Å². The van der Waals surface area contributed by atoms with Crippen LogP contribution in [0.1, 0.15) is 35.7 Å². The summed E-state index contributed by atoms with van der Waals surface area (Å²) in [5.41, 5.74) is 9.50. The highest BCUT2D eigenvalue weighted by atomic mass is 16.5. The molecule has 1 aromatic heterocycles. The molecule has 0 bridgehead atoms. The van der Waals surface area contributed by atoms with Crippen LogP contribution < -0.4 is 26.4 Å². The van der Waals surface area contributed by atoms with Crippen molar-refractivity contribution in [2.45, 2.75) is 26.7 Å². The molecule has 0 unspecified atom stereocenters. The molecule has 0 radical (unpaired) electrons. The monoisotopic (exact) mass is 601 g/mol. The largest absolute Gasteiger partial charge is 0.494 e. The number of aliphatic imine (C=N–C) groups is 1. The predicted molar refractivity (Wildman–Crippen MR) is 171 cm³/mol. The van der Waals surface area contributed by atoms with Gasteiger partial charge >= 0.3 is 0 Å². The second-order valence-electron chi connectivity index (χ2n) is 10.3. The number of nitrogens with one attached hydrogen (secondary N) is 5. The molecule has 1 aliphatic carbocycles. The molecule has 1 saturated carbocycles. The maximum Gasteiger partial charge on any atom is 0.271 e. The highest BCUT2D eigenvalue weighted by molar-refractivity contribution is 6.45. The van der Waals surface area contributed by atoms with E-state index in [1.54, 1.807) is 45.4 Å². The Bertz CT molecular complexity index is 1550. The molecular formula is C31H39N9O4. The summed E-state index contributed by atoms with van der Waals surface area (Å²) in [4.78, 5) is 47.7. The van der Waals surface area contributed by atoms with Crippen LogP contribution >= 0.6 is 0 Å². The zero-order valence-electron chi connectivity index (χ0n) is 25.8. The van der Waals surface area contributed by atoms with E-state index in [1.165, 1.54) is 31.3 Å². The van der Waals surface area contributed by atoms with Crippen molar-refractivity contribution in [3.8, 4) is 17.0 Å². The molecule has 13 heteroatoms. The van der Waals surface area contributed by atoms with Gasteiger partial charge in [-0.15, -0.1) is 0 Å². The number of methoxy groups -OCH3 is 1. The Morgan fingerprint density at radius 1 is 1.20 bits per heavy atom. The number of hydrogen-bond acceptors (Lipinski definition) is 10. The van der Waals surface area contributed by atoms with Crippen LogP contribution in [0.3, 0.4) is 0 Å².